The van der Waals surface area contributed by atoms with Gasteiger partial charge in [-0.15, -0.1) is 0 Å². The highest BCUT2D eigenvalue weighted by atomic mass is 16.4. The number of furan rings is 1. The first-order valence-corrected chi connectivity index (χ1v) is 5.29. The molecule has 3 N–H and O–H groups in total. The fraction of sp³-hybridized carbons (Fsp3) is 0.545. The van der Waals surface area contributed by atoms with Crippen molar-refractivity contribution in [3.63, 3.8) is 0 Å². The van der Waals surface area contributed by atoms with Crippen molar-refractivity contribution >= 4 is 5.97 Å². The van der Waals surface area contributed by atoms with Crippen LogP contribution in [-0.2, 0) is 6.54 Å². The maximum absolute atomic E-state index is 10.7. The monoisotopic (exact) mass is 227 g/mol. The van der Waals surface area contributed by atoms with Gasteiger partial charge in [-0.2, -0.15) is 0 Å². The molecule has 5 nitrogen and oxygen atoms in total. The topological polar surface area (TPSA) is 82.7 Å². The highest BCUT2D eigenvalue weighted by Crippen LogP contribution is 2.10. The molecule has 0 aliphatic rings. The summed E-state index contributed by atoms with van der Waals surface area (Å²) in [5, 5.41) is 20.7. The quantitative estimate of drug-likeness (QED) is 0.652. The van der Waals surface area contributed by atoms with E-state index in [1.54, 1.807) is 6.07 Å². The van der Waals surface area contributed by atoms with Gasteiger partial charge in [-0.25, -0.2) is 4.79 Å². The van der Waals surface area contributed by atoms with Crippen molar-refractivity contribution in [3.05, 3.63) is 23.7 Å². The molecule has 0 saturated heterocycles. The van der Waals surface area contributed by atoms with Crippen molar-refractivity contribution in [1.82, 2.24) is 5.32 Å². The van der Waals surface area contributed by atoms with Crippen LogP contribution in [-0.4, -0.2) is 28.8 Å². The van der Waals surface area contributed by atoms with E-state index in [0.29, 0.717) is 12.1 Å². The van der Waals surface area contributed by atoms with Gasteiger partial charge in [0.15, 0.2) is 0 Å². The highest BCUT2D eigenvalue weighted by Gasteiger charge is 2.13. The number of hydrogen-bond acceptors (Lipinski definition) is 4. The summed E-state index contributed by atoms with van der Waals surface area (Å²) >= 11 is 0. The number of carboxylic acids is 1. The predicted octanol–water partition coefficient (Wildman–Crippen LogP) is 1.23. The minimum absolute atomic E-state index is 0.0122. The molecular formula is C11H17NO4. The Kier molecular flexibility index (Phi) is 5.01. The van der Waals surface area contributed by atoms with Gasteiger partial charge in [-0.3, -0.25) is 0 Å². The first-order valence-electron chi connectivity index (χ1n) is 5.29. The molecule has 16 heavy (non-hydrogen) atoms. The molecule has 0 radical (unpaired) electrons. The zero-order valence-corrected chi connectivity index (χ0v) is 9.27. The molecule has 1 unspecified atom stereocenters. The normalized spacial score (nSPS) is 12.6. The van der Waals surface area contributed by atoms with Gasteiger partial charge in [-0.1, -0.05) is 0 Å². The first kappa shape index (κ1) is 12.7. The van der Waals surface area contributed by atoms with Gasteiger partial charge >= 0.3 is 5.97 Å². The molecule has 1 atom stereocenters. The Hall–Kier alpha value is -1.33. The Morgan fingerprint density at radius 1 is 1.62 bits per heavy atom. The van der Waals surface area contributed by atoms with Crippen molar-refractivity contribution < 1.29 is 19.4 Å². The molecule has 1 aromatic rings. The van der Waals surface area contributed by atoms with Gasteiger partial charge in [0.05, 0.1) is 6.26 Å². The molecule has 0 fully saturated rings. The molecule has 0 aliphatic heterocycles. The van der Waals surface area contributed by atoms with Crippen LogP contribution >= 0.6 is 0 Å². The zero-order valence-electron chi connectivity index (χ0n) is 9.27. The number of aromatic carboxylic acids is 1. The van der Waals surface area contributed by atoms with Gasteiger partial charge in [0, 0.05) is 24.8 Å². The summed E-state index contributed by atoms with van der Waals surface area (Å²) in [7, 11) is 0. The van der Waals surface area contributed by atoms with Crippen LogP contribution in [0.5, 0.6) is 0 Å². The van der Waals surface area contributed by atoms with Crippen LogP contribution in [0.4, 0.5) is 0 Å². The van der Waals surface area contributed by atoms with E-state index in [4.69, 9.17) is 14.6 Å². The number of hydrogen-bond donors (Lipinski definition) is 3. The molecule has 1 heterocycles. The molecule has 1 aromatic heterocycles. The van der Waals surface area contributed by atoms with Crippen molar-refractivity contribution in [2.45, 2.75) is 32.4 Å². The number of carbonyl (C=O) groups is 1. The molecule has 0 aromatic carbocycles. The summed E-state index contributed by atoms with van der Waals surface area (Å²) < 4.78 is 4.86. The number of rotatable bonds is 7. The average molecular weight is 227 g/mol. The number of aliphatic hydroxyl groups excluding tert-OH is 1. The second-order valence-corrected chi connectivity index (χ2v) is 3.73. The number of nitrogens with one attached hydrogen (secondary N) is 1. The fourth-order valence-electron chi connectivity index (χ4n) is 1.45. The number of carboxylic acid groups (broad SMARTS) is 1. The minimum atomic E-state index is -1.05. The van der Waals surface area contributed by atoms with Gasteiger partial charge in [0.25, 0.3) is 0 Å². The van der Waals surface area contributed by atoms with E-state index >= 15 is 0 Å². The van der Waals surface area contributed by atoms with Crippen LogP contribution in [0.2, 0.25) is 0 Å². The van der Waals surface area contributed by atoms with E-state index < -0.39 is 5.97 Å². The third-order valence-corrected chi connectivity index (χ3v) is 2.38. The van der Waals surface area contributed by atoms with Crippen LogP contribution in [0.3, 0.4) is 0 Å². The maximum Gasteiger partial charge on any atom is 0.372 e. The molecule has 0 saturated carbocycles. The average Bonchev–Trinajstić information content (AvgIpc) is 2.71. The Bertz CT molecular complexity index is 334. The maximum atomic E-state index is 10.7. The van der Waals surface area contributed by atoms with Crippen molar-refractivity contribution in [3.8, 4) is 0 Å². The lowest BCUT2D eigenvalue weighted by atomic mass is 10.1. The van der Waals surface area contributed by atoms with Crippen molar-refractivity contribution in [2.24, 2.45) is 0 Å². The van der Waals surface area contributed by atoms with Crippen LogP contribution in [0.25, 0.3) is 0 Å². The first-order chi connectivity index (χ1) is 7.65. The molecule has 0 aliphatic carbocycles. The van der Waals surface area contributed by atoms with E-state index in [-0.39, 0.29) is 18.4 Å². The Labute approximate surface area is 94.1 Å². The van der Waals surface area contributed by atoms with E-state index in [1.165, 1.54) is 6.26 Å². The van der Waals surface area contributed by atoms with Gasteiger partial charge in [-0.05, 0) is 25.8 Å². The summed E-state index contributed by atoms with van der Waals surface area (Å²) in [5.74, 6) is -1.06. The predicted molar refractivity (Wildman–Crippen MR) is 58.3 cm³/mol. The smallest absolute Gasteiger partial charge is 0.372 e. The second-order valence-electron chi connectivity index (χ2n) is 3.73. The van der Waals surface area contributed by atoms with E-state index in [0.717, 1.165) is 12.8 Å². The minimum Gasteiger partial charge on any atom is -0.475 e. The third kappa shape index (κ3) is 3.67. The van der Waals surface area contributed by atoms with Gasteiger partial charge < -0.3 is 19.9 Å². The molecule has 0 spiro atoms. The molecule has 5 heteroatoms. The fourth-order valence-corrected chi connectivity index (χ4v) is 1.45. The van der Waals surface area contributed by atoms with E-state index in [1.807, 2.05) is 6.92 Å². The summed E-state index contributed by atoms with van der Waals surface area (Å²) in [4.78, 5) is 10.7. The lowest BCUT2D eigenvalue weighted by Gasteiger charge is -2.12. The van der Waals surface area contributed by atoms with Gasteiger partial charge in [0.1, 0.15) is 0 Å². The molecule has 90 valence electrons. The third-order valence-electron chi connectivity index (χ3n) is 2.38. The lowest BCUT2D eigenvalue weighted by Crippen LogP contribution is -2.26. The summed E-state index contributed by atoms with van der Waals surface area (Å²) in [5.41, 5.74) is 0.642. The molecule has 0 bridgehead atoms. The van der Waals surface area contributed by atoms with Crippen molar-refractivity contribution in [2.75, 3.05) is 6.61 Å². The summed E-state index contributed by atoms with van der Waals surface area (Å²) in [6.45, 7) is 2.64. The molecule has 0 amide bonds. The van der Waals surface area contributed by atoms with E-state index in [2.05, 4.69) is 5.32 Å². The Balaban J connectivity index is 2.42. The standard InChI is InChI=1S/C11H17NO4/c1-8(3-2-5-13)12-7-9-4-6-16-10(9)11(14)15/h4,6,8,12-13H,2-3,5,7H2,1H3,(H,14,15). The summed E-state index contributed by atoms with van der Waals surface area (Å²) in [6, 6.07) is 1.89. The SMILES string of the molecule is CC(CCCO)NCc1ccoc1C(=O)O. The van der Waals surface area contributed by atoms with E-state index in [9.17, 15) is 4.79 Å². The number of aliphatic hydroxyl groups is 1. The second kappa shape index (κ2) is 6.30. The molecule has 1 rings (SSSR count). The zero-order chi connectivity index (χ0) is 12.0. The van der Waals surface area contributed by atoms with Crippen LogP contribution < -0.4 is 5.32 Å². The molecular weight excluding hydrogens is 210 g/mol. The van der Waals surface area contributed by atoms with Crippen molar-refractivity contribution in [1.29, 1.82) is 0 Å². The van der Waals surface area contributed by atoms with Crippen LogP contribution in [0, 0.1) is 0 Å². The Morgan fingerprint density at radius 3 is 3.00 bits per heavy atom. The Morgan fingerprint density at radius 2 is 2.38 bits per heavy atom. The van der Waals surface area contributed by atoms with Crippen LogP contribution in [0.1, 0.15) is 35.9 Å². The highest BCUT2D eigenvalue weighted by molar-refractivity contribution is 5.86. The van der Waals surface area contributed by atoms with Crippen LogP contribution in [0.15, 0.2) is 16.7 Å². The largest absolute Gasteiger partial charge is 0.475 e. The summed E-state index contributed by atoms with van der Waals surface area (Å²) in [6.07, 6.45) is 2.97. The lowest BCUT2D eigenvalue weighted by molar-refractivity contribution is 0.0660. The van der Waals surface area contributed by atoms with Gasteiger partial charge in [0.2, 0.25) is 5.76 Å².